The summed E-state index contributed by atoms with van der Waals surface area (Å²) >= 11 is 0. The Labute approximate surface area is 194 Å². The molecule has 5 nitrogen and oxygen atoms in total. The molecule has 5 heteroatoms. The molecule has 0 radical (unpaired) electrons. The average Bonchev–Trinajstić information content (AvgIpc) is 3.17. The lowest BCUT2D eigenvalue weighted by Gasteiger charge is -2.33. The minimum atomic E-state index is -0.279. The minimum Gasteiger partial charge on any atom is -0.493 e. The van der Waals surface area contributed by atoms with Crippen LogP contribution in [0.1, 0.15) is 75.8 Å². The highest BCUT2D eigenvalue weighted by Gasteiger charge is 2.61. The molecule has 2 fully saturated rings. The molecular weight excluding hydrogens is 400 g/mol. The van der Waals surface area contributed by atoms with Crippen LogP contribution in [0.25, 0.3) is 0 Å². The predicted octanol–water partition coefficient (Wildman–Crippen LogP) is 4.35. The van der Waals surface area contributed by atoms with Crippen molar-refractivity contribution >= 4 is 0 Å². The fourth-order valence-electron chi connectivity index (χ4n) is 7.05. The monoisotopic (exact) mass is 442 g/mol. The lowest BCUT2D eigenvalue weighted by molar-refractivity contribution is 0.110. The molecule has 32 heavy (non-hydrogen) atoms. The highest BCUT2D eigenvalue weighted by molar-refractivity contribution is 5.59. The van der Waals surface area contributed by atoms with Gasteiger partial charge in [0.2, 0.25) is 0 Å². The van der Waals surface area contributed by atoms with E-state index in [0.29, 0.717) is 0 Å². The molecule has 1 aliphatic carbocycles. The van der Waals surface area contributed by atoms with E-state index < -0.39 is 0 Å². The van der Waals surface area contributed by atoms with Gasteiger partial charge >= 0.3 is 0 Å². The van der Waals surface area contributed by atoms with Crippen molar-refractivity contribution in [1.82, 2.24) is 9.80 Å². The normalized spacial score (nSPS) is 32.3. The van der Waals surface area contributed by atoms with E-state index >= 15 is 0 Å². The maximum Gasteiger partial charge on any atom is 0.165 e. The van der Waals surface area contributed by atoms with Crippen molar-refractivity contribution in [2.24, 2.45) is 5.92 Å². The number of hydrogen-bond acceptors (Lipinski definition) is 5. The van der Waals surface area contributed by atoms with Gasteiger partial charge in [-0.25, -0.2) is 0 Å². The lowest BCUT2D eigenvalue weighted by atomic mass is 9.69. The van der Waals surface area contributed by atoms with Crippen molar-refractivity contribution in [3.8, 4) is 11.5 Å². The van der Waals surface area contributed by atoms with Gasteiger partial charge in [-0.2, -0.15) is 0 Å². The van der Waals surface area contributed by atoms with E-state index in [-0.39, 0.29) is 23.5 Å². The van der Waals surface area contributed by atoms with E-state index in [2.05, 4.69) is 28.9 Å². The van der Waals surface area contributed by atoms with E-state index in [1.54, 1.807) is 7.11 Å². The summed E-state index contributed by atoms with van der Waals surface area (Å²) in [6, 6.07) is 4.33. The van der Waals surface area contributed by atoms with Crippen LogP contribution in [0.4, 0.5) is 0 Å². The van der Waals surface area contributed by atoms with Crippen LogP contribution in [0.2, 0.25) is 0 Å². The third-order valence-corrected chi connectivity index (χ3v) is 8.96. The second-order valence-electron chi connectivity index (χ2n) is 10.7. The molecule has 1 aromatic rings. The summed E-state index contributed by atoms with van der Waals surface area (Å²) in [5.74, 6) is 2.02. The molecule has 3 heterocycles. The predicted molar refractivity (Wildman–Crippen MR) is 128 cm³/mol. The van der Waals surface area contributed by atoms with Crippen LogP contribution in [0, 0.1) is 5.92 Å². The Morgan fingerprint density at radius 1 is 1.03 bits per heavy atom. The summed E-state index contributed by atoms with van der Waals surface area (Å²) in [4.78, 5) is 5.31. The first-order chi connectivity index (χ1) is 15.6. The fourth-order valence-corrected chi connectivity index (χ4v) is 7.05. The van der Waals surface area contributed by atoms with Crippen LogP contribution in [0.3, 0.4) is 0 Å². The van der Waals surface area contributed by atoms with Crippen LogP contribution in [0.15, 0.2) is 12.1 Å². The number of aliphatic hydroxyl groups excluding tert-OH is 1. The van der Waals surface area contributed by atoms with Gasteiger partial charge in [0, 0.05) is 23.9 Å². The first kappa shape index (κ1) is 22.5. The number of aliphatic hydroxyl groups is 1. The Morgan fingerprint density at radius 3 is 2.53 bits per heavy atom. The van der Waals surface area contributed by atoms with Gasteiger partial charge < -0.3 is 19.5 Å². The number of ether oxygens (including phenoxy) is 2. The summed E-state index contributed by atoms with van der Waals surface area (Å²) in [5, 5.41) is 10.7. The van der Waals surface area contributed by atoms with E-state index in [0.717, 1.165) is 37.4 Å². The maximum absolute atomic E-state index is 10.7. The summed E-state index contributed by atoms with van der Waals surface area (Å²) in [7, 11) is 1.73. The molecule has 4 atom stereocenters. The number of hydrogen-bond donors (Lipinski definition) is 1. The molecule has 5 rings (SSSR count). The summed E-state index contributed by atoms with van der Waals surface area (Å²) in [5.41, 5.74) is 2.66. The van der Waals surface area contributed by atoms with Gasteiger partial charge in [-0.15, -0.1) is 0 Å². The highest BCUT2D eigenvalue weighted by Crippen LogP contribution is 2.60. The Balaban J connectivity index is 1.21. The van der Waals surface area contributed by atoms with Crippen molar-refractivity contribution in [2.45, 2.75) is 88.9 Å². The van der Waals surface area contributed by atoms with Gasteiger partial charge in [0.1, 0.15) is 6.10 Å². The summed E-state index contributed by atoms with van der Waals surface area (Å²) in [6.07, 6.45) is 11.1. The zero-order valence-electron chi connectivity index (χ0n) is 20.2. The van der Waals surface area contributed by atoms with Crippen molar-refractivity contribution in [3.63, 3.8) is 0 Å². The van der Waals surface area contributed by atoms with Gasteiger partial charge in [-0.1, -0.05) is 32.3 Å². The topological polar surface area (TPSA) is 45.2 Å². The molecule has 3 aliphatic heterocycles. The fraction of sp³-hybridized carbons (Fsp3) is 0.778. The third kappa shape index (κ3) is 3.95. The van der Waals surface area contributed by atoms with Gasteiger partial charge in [0.25, 0.3) is 0 Å². The van der Waals surface area contributed by atoms with Crippen molar-refractivity contribution in [2.75, 3.05) is 39.8 Å². The van der Waals surface area contributed by atoms with Crippen LogP contribution in [-0.4, -0.2) is 66.9 Å². The van der Waals surface area contributed by atoms with Crippen LogP contribution in [-0.2, 0) is 12.0 Å². The highest BCUT2D eigenvalue weighted by atomic mass is 16.5. The number of piperidine rings is 1. The number of likely N-dealkylation sites (tertiary alicyclic amines) is 1. The van der Waals surface area contributed by atoms with Gasteiger partial charge in [0.05, 0.1) is 13.2 Å². The molecule has 1 aromatic carbocycles. The largest absolute Gasteiger partial charge is 0.493 e. The summed E-state index contributed by atoms with van der Waals surface area (Å²) in [6.45, 7) is 9.40. The second-order valence-corrected chi connectivity index (χ2v) is 10.7. The molecular formula is C27H42N2O3. The zero-order chi connectivity index (χ0) is 22.1. The molecule has 1 saturated heterocycles. The molecule has 1 N–H and O–H groups in total. The lowest BCUT2D eigenvalue weighted by Crippen LogP contribution is -2.40. The van der Waals surface area contributed by atoms with Gasteiger partial charge in [0.15, 0.2) is 11.5 Å². The second kappa shape index (κ2) is 9.52. The smallest absolute Gasteiger partial charge is 0.165 e. The standard InChI is InChI=1S/C27H42N2O3/c1-20-22(30)18-24-27(20)12-17-29(16-7-4-3-6-13-28-14-8-5-9-15-28)19-21-10-11-23(31-2)26(32-24)25(21)27/h10-11,20,22,24,30H,3-9,12-19H2,1-2H3/t20?,22-,24+,27-/m1/s1. The van der Waals surface area contributed by atoms with Gasteiger partial charge in [-0.3, -0.25) is 4.90 Å². The molecule has 0 amide bonds. The van der Waals surface area contributed by atoms with E-state index in [1.807, 2.05) is 0 Å². The van der Waals surface area contributed by atoms with Crippen molar-refractivity contribution in [3.05, 3.63) is 23.3 Å². The Kier molecular flexibility index (Phi) is 6.69. The number of nitrogens with zero attached hydrogens (tertiary/aromatic N) is 2. The Hall–Kier alpha value is -1.30. The van der Waals surface area contributed by atoms with Crippen molar-refractivity contribution in [1.29, 1.82) is 0 Å². The van der Waals surface area contributed by atoms with Crippen molar-refractivity contribution < 1.29 is 14.6 Å². The SMILES string of the molecule is COc1ccc2c3c1O[C@H]1C[C@@H](O)C(C)[C@@]31CCN(CCCCCCN1CCCCC1)C2. The van der Waals surface area contributed by atoms with E-state index in [4.69, 9.17) is 9.47 Å². The van der Waals surface area contributed by atoms with Crippen LogP contribution in [0.5, 0.6) is 11.5 Å². The summed E-state index contributed by atoms with van der Waals surface area (Å²) < 4.78 is 12.1. The average molecular weight is 443 g/mol. The first-order valence-corrected chi connectivity index (χ1v) is 13.1. The molecule has 1 spiro atoms. The Morgan fingerprint density at radius 2 is 1.78 bits per heavy atom. The van der Waals surface area contributed by atoms with Crippen LogP contribution < -0.4 is 9.47 Å². The molecule has 0 aromatic heterocycles. The molecule has 1 saturated carbocycles. The first-order valence-electron chi connectivity index (χ1n) is 13.1. The number of unbranched alkanes of at least 4 members (excludes halogenated alkanes) is 3. The molecule has 1 unspecified atom stereocenters. The maximum atomic E-state index is 10.7. The molecule has 0 bridgehead atoms. The molecule has 178 valence electrons. The van der Waals surface area contributed by atoms with E-state index in [9.17, 15) is 5.11 Å². The molecule has 4 aliphatic rings. The third-order valence-electron chi connectivity index (χ3n) is 8.96. The number of benzene rings is 1. The number of rotatable bonds is 8. The Bertz CT molecular complexity index is 793. The van der Waals surface area contributed by atoms with Crippen LogP contribution >= 0.6 is 0 Å². The number of methoxy groups -OCH3 is 1. The minimum absolute atomic E-state index is 0.0676. The van der Waals surface area contributed by atoms with Gasteiger partial charge in [-0.05, 0) is 82.4 Å². The zero-order valence-corrected chi connectivity index (χ0v) is 20.2. The van der Waals surface area contributed by atoms with E-state index in [1.165, 1.54) is 82.3 Å². The quantitative estimate of drug-likeness (QED) is 0.607.